The highest BCUT2D eigenvalue weighted by molar-refractivity contribution is 7.87. The van der Waals surface area contributed by atoms with Crippen molar-refractivity contribution in [3.63, 3.8) is 0 Å². The zero-order valence-electron chi connectivity index (χ0n) is 32.1. The molecule has 0 spiro atoms. The van der Waals surface area contributed by atoms with Gasteiger partial charge in [-0.3, -0.25) is 42.2 Å². The smallest absolute Gasteiger partial charge is 0.296 e. The van der Waals surface area contributed by atoms with Crippen LogP contribution in [0.3, 0.4) is 0 Å². The molecule has 23 heteroatoms. The van der Waals surface area contributed by atoms with Crippen molar-refractivity contribution in [3.05, 3.63) is 140 Å². The Morgan fingerprint density at radius 1 is 0.594 bits per heavy atom. The molecule has 0 bridgehead atoms. The highest BCUT2D eigenvalue weighted by Crippen LogP contribution is 2.46. The minimum Gasteiger partial charge on any atom is -0.354 e. The third kappa shape index (κ3) is 7.56. The summed E-state index contributed by atoms with van der Waals surface area (Å²) in [6, 6.07) is 17.7. The number of fused-ring (bicyclic) bond motifs is 3. The molecule has 0 aliphatic heterocycles. The first-order valence-electron chi connectivity index (χ1n) is 18.4. The van der Waals surface area contributed by atoms with Crippen LogP contribution >= 0.6 is 0 Å². The van der Waals surface area contributed by atoms with Crippen LogP contribution in [0.25, 0.3) is 22.0 Å². The summed E-state index contributed by atoms with van der Waals surface area (Å²) in [4.78, 5) is 67.1. The summed E-state index contributed by atoms with van der Waals surface area (Å²) in [7, 11) is -21.0. The van der Waals surface area contributed by atoms with Crippen LogP contribution in [0.2, 0.25) is 0 Å². The molecule has 64 heavy (non-hydrogen) atoms. The fourth-order valence-electron chi connectivity index (χ4n) is 8.09. The zero-order chi connectivity index (χ0) is 46.4. The highest BCUT2D eigenvalue weighted by Gasteiger charge is 2.40. The number of aromatic amines is 1. The Bertz CT molecular complexity index is 3660. The molecule has 1 atom stereocenters. The molecule has 0 saturated carbocycles. The van der Waals surface area contributed by atoms with Crippen LogP contribution in [-0.2, 0) is 46.9 Å². The van der Waals surface area contributed by atoms with Gasteiger partial charge in [0.2, 0.25) is 0 Å². The molecule has 1 heterocycles. The molecular weight excluding hydrogens is 921 g/mol. The quantitative estimate of drug-likeness (QED) is 0.0548. The second-order valence-electron chi connectivity index (χ2n) is 14.7. The Morgan fingerprint density at radius 2 is 1.20 bits per heavy atom. The van der Waals surface area contributed by atoms with Gasteiger partial charge in [-0.05, 0) is 66.8 Å². The van der Waals surface area contributed by atoms with Crippen molar-refractivity contribution in [2.75, 3.05) is 5.32 Å². The van der Waals surface area contributed by atoms with Gasteiger partial charge in [0.15, 0.2) is 23.1 Å². The van der Waals surface area contributed by atoms with E-state index in [4.69, 9.17) is 0 Å². The summed E-state index contributed by atoms with van der Waals surface area (Å²) in [5.74, 6) is -4.67. The van der Waals surface area contributed by atoms with Gasteiger partial charge < -0.3 is 10.3 Å². The molecule has 6 N–H and O–H groups in total. The lowest BCUT2D eigenvalue weighted by atomic mass is 9.80. The summed E-state index contributed by atoms with van der Waals surface area (Å²) in [6.45, 7) is 0. The fourth-order valence-corrected chi connectivity index (χ4v) is 10.8. The number of Topliss-reactive ketones (excluding diaryl/α,β-unsaturated/α-hetero) is 2. The first-order chi connectivity index (χ1) is 29.9. The normalized spacial score (nSPS) is 15.0. The average Bonchev–Trinajstić information content (AvgIpc) is 3.45. The molecule has 1 unspecified atom stereocenters. The van der Waals surface area contributed by atoms with Crippen LogP contribution in [0.1, 0.15) is 71.0 Å². The number of benzene rings is 5. The molecule has 328 valence electrons. The largest absolute Gasteiger partial charge is 0.354 e. The molecule has 6 aromatic rings. The molecule has 0 radical (unpaired) electrons. The minimum absolute atomic E-state index is 0.00780. The predicted octanol–water partition coefficient (Wildman–Crippen LogP) is 4.72. The van der Waals surface area contributed by atoms with Gasteiger partial charge in [-0.25, -0.2) is 0 Å². The molecule has 2 aliphatic rings. The number of ketones is 4. The van der Waals surface area contributed by atoms with E-state index in [9.17, 15) is 75.9 Å². The highest BCUT2D eigenvalue weighted by atomic mass is 32.2. The first kappa shape index (κ1) is 44.1. The van der Waals surface area contributed by atoms with Gasteiger partial charge in [0.05, 0.1) is 43.7 Å². The fraction of sp³-hybridized carbons (Fsp3) is 0.0976. The van der Waals surface area contributed by atoms with E-state index < -0.39 is 135 Å². The lowest BCUT2D eigenvalue weighted by molar-refractivity contribution is 0.0828. The van der Waals surface area contributed by atoms with E-state index in [1.807, 2.05) is 0 Å². The monoisotopic (exact) mass is 948 g/mol. The minimum atomic E-state index is -5.49. The van der Waals surface area contributed by atoms with E-state index in [0.717, 1.165) is 24.3 Å². The molecule has 1 aromatic heterocycles. The molecule has 0 saturated heterocycles. The molecule has 5 aromatic carbocycles. The maximum Gasteiger partial charge on any atom is 0.296 e. The van der Waals surface area contributed by atoms with E-state index in [0.29, 0.717) is 12.1 Å². The molecule has 2 aliphatic carbocycles. The Labute approximate surface area is 361 Å². The van der Waals surface area contributed by atoms with Crippen molar-refractivity contribution in [2.24, 2.45) is 5.92 Å². The number of carbonyl (C=O) groups is 4. The van der Waals surface area contributed by atoms with Gasteiger partial charge in [0, 0.05) is 33.2 Å². The van der Waals surface area contributed by atoms with Crippen molar-refractivity contribution >= 4 is 85.9 Å². The number of aromatic nitrogens is 1. The average molecular weight is 949 g/mol. The molecule has 0 fully saturated rings. The van der Waals surface area contributed by atoms with Gasteiger partial charge in [-0.15, -0.1) is 0 Å². The Hall–Kier alpha value is -6.57. The lowest BCUT2D eigenvalue weighted by Gasteiger charge is -2.25. The van der Waals surface area contributed by atoms with E-state index in [1.54, 1.807) is 6.07 Å². The van der Waals surface area contributed by atoms with Gasteiger partial charge in [-0.2, -0.15) is 33.7 Å². The maximum atomic E-state index is 14.5. The summed E-state index contributed by atoms with van der Waals surface area (Å²) >= 11 is 0. The van der Waals surface area contributed by atoms with Crippen LogP contribution in [-0.4, -0.2) is 80.0 Å². The Balaban J connectivity index is 1.30. The number of H-pyrrole nitrogens is 1. The van der Waals surface area contributed by atoms with Crippen molar-refractivity contribution < 1.29 is 71.1 Å². The Kier molecular flexibility index (Phi) is 10.5. The van der Waals surface area contributed by atoms with Crippen LogP contribution in [0, 0.1) is 5.92 Å². The third-order valence-electron chi connectivity index (χ3n) is 10.8. The van der Waals surface area contributed by atoms with E-state index in [2.05, 4.69) is 10.3 Å². The van der Waals surface area contributed by atoms with Crippen LogP contribution in [0.5, 0.6) is 0 Å². The molecule has 8 rings (SSSR count). The summed E-state index contributed by atoms with van der Waals surface area (Å²) in [5.41, 5.74) is -5.26. The number of rotatable bonds is 12. The zero-order valence-corrected chi connectivity index (χ0v) is 35.4. The standard InChI is InChI=1S/C41H28N2O17S4/c44-37(19-7-2-1-3-8-19)35-32-22-10-4-5-11-23(22)40(47)33-28(17-31(64(58,59)60)36(34(32)33)43-41(35)48)42-27-15-20(29(62(52,53)54)18-30(27)63(55,56)57)9-6-12-25-38(45)24-14-13-21(61(49,50)51)16-26(24)39(25)46/h1-5,7-8,10-11,13-18,25,42H,6,9,12H2,(H,43,48)(H,49,50,51)(H,52,53,54)(H,55,56,57)(H,58,59,60). The van der Waals surface area contributed by atoms with Crippen molar-refractivity contribution in [2.45, 2.75) is 38.8 Å². The lowest BCUT2D eigenvalue weighted by Crippen LogP contribution is -2.25. The van der Waals surface area contributed by atoms with Crippen LogP contribution in [0.15, 0.2) is 115 Å². The topological polar surface area (TPSA) is 331 Å². The van der Waals surface area contributed by atoms with Crippen LogP contribution < -0.4 is 10.9 Å². The Morgan fingerprint density at radius 3 is 1.83 bits per heavy atom. The number of hydrogen-bond acceptors (Lipinski definition) is 14. The number of nitrogens with one attached hydrogen (secondary N) is 2. The third-order valence-corrected chi connectivity index (χ3v) is 14.4. The number of anilines is 2. The molecule has 0 amide bonds. The number of hydrogen-bond donors (Lipinski definition) is 6. The van der Waals surface area contributed by atoms with Gasteiger partial charge >= 0.3 is 0 Å². The van der Waals surface area contributed by atoms with Gasteiger partial charge in [0.25, 0.3) is 46.0 Å². The van der Waals surface area contributed by atoms with E-state index in [1.165, 1.54) is 48.5 Å². The number of pyridine rings is 1. The summed E-state index contributed by atoms with van der Waals surface area (Å²) in [5, 5.41) is 2.16. The number of aryl methyl sites for hydroxylation is 1. The second kappa shape index (κ2) is 15.3. The van der Waals surface area contributed by atoms with Gasteiger partial charge in [0.1, 0.15) is 9.79 Å². The van der Waals surface area contributed by atoms with Crippen molar-refractivity contribution in [1.29, 1.82) is 0 Å². The predicted molar refractivity (Wildman–Crippen MR) is 224 cm³/mol. The van der Waals surface area contributed by atoms with Crippen molar-refractivity contribution in [1.82, 2.24) is 4.98 Å². The maximum absolute atomic E-state index is 14.5. The van der Waals surface area contributed by atoms with E-state index in [-0.39, 0.29) is 51.6 Å². The second-order valence-corrected chi connectivity index (χ2v) is 20.3. The number of carbonyl (C=O) groups excluding carboxylic acids is 4. The van der Waals surface area contributed by atoms with E-state index >= 15 is 0 Å². The summed E-state index contributed by atoms with van der Waals surface area (Å²) in [6.07, 6.45) is -1.01. The van der Waals surface area contributed by atoms with Crippen molar-refractivity contribution in [3.8, 4) is 11.1 Å². The first-order valence-corrected chi connectivity index (χ1v) is 24.2. The summed E-state index contributed by atoms with van der Waals surface area (Å²) < 4.78 is 141. The van der Waals surface area contributed by atoms with Crippen LogP contribution in [0.4, 0.5) is 11.4 Å². The molecular formula is C41H28N2O17S4. The van der Waals surface area contributed by atoms with Gasteiger partial charge in [-0.1, -0.05) is 54.6 Å². The SMILES string of the molecule is O=C(c1ccccc1)c1c2c3c(c(Nc4cc(CCCC5C(=O)c6ccc(S(=O)(=O)O)cc6C5=O)c(S(=O)(=O)O)cc4S(=O)(=O)O)cc(S(=O)(=O)O)c3[nH]c1=O)C(=O)c1ccccc1-2. The molecule has 19 nitrogen and oxygen atoms in total.